The molecule has 1 aliphatic heterocycles. The summed E-state index contributed by atoms with van der Waals surface area (Å²) in [6.07, 6.45) is 0.0182. The van der Waals surface area contributed by atoms with Gasteiger partial charge in [0.2, 0.25) is 0 Å². The SMILES string of the molecule is C=c1cccc/c1=C(\C(=O)Oc1c(C)cc(C(=O)ON2C(=O)CCC2=O)cc1C)c1ccccc1C. The quantitative estimate of drug-likeness (QED) is 0.315. The van der Waals surface area contributed by atoms with Gasteiger partial charge in [-0.2, -0.15) is 0 Å². The van der Waals surface area contributed by atoms with Crippen molar-refractivity contribution in [2.24, 2.45) is 0 Å². The van der Waals surface area contributed by atoms with Gasteiger partial charge in [-0.15, -0.1) is 5.06 Å². The van der Waals surface area contributed by atoms with E-state index in [0.717, 1.165) is 11.1 Å². The molecule has 0 atom stereocenters. The lowest BCUT2D eigenvalue weighted by molar-refractivity contribution is -0.172. The van der Waals surface area contributed by atoms with E-state index in [2.05, 4.69) is 6.58 Å². The molecule has 3 aromatic rings. The second kappa shape index (κ2) is 10.00. The maximum atomic E-state index is 13.6. The summed E-state index contributed by atoms with van der Waals surface area (Å²) in [5, 5.41) is 1.85. The summed E-state index contributed by atoms with van der Waals surface area (Å²) in [5.74, 6) is -2.22. The van der Waals surface area contributed by atoms with Crippen molar-refractivity contribution in [3.05, 3.63) is 98.9 Å². The lowest BCUT2D eigenvalue weighted by atomic mass is 9.97. The van der Waals surface area contributed by atoms with Crippen molar-refractivity contribution in [3.8, 4) is 5.75 Å². The largest absolute Gasteiger partial charge is 0.422 e. The maximum Gasteiger partial charge on any atom is 0.363 e. The number of ether oxygens (including phenoxy) is 1. The van der Waals surface area contributed by atoms with Gasteiger partial charge in [-0.3, -0.25) is 9.59 Å². The third kappa shape index (κ3) is 4.81. The fraction of sp³-hybridized carbons (Fsp3) is 0.172. The van der Waals surface area contributed by atoms with Crippen LogP contribution in [0.15, 0.2) is 60.7 Å². The van der Waals surface area contributed by atoms with Crippen LogP contribution in [0, 0.1) is 20.8 Å². The van der Waals surface area contributed by atoms with E-state index in [1.807, 2.05) is 55.5 Å². The van der Waals surface area contributed by atoms with E-state index in [1.54, 1.807) is 13.8 Å². The average molecular weight is 484 g/mol. The van der Waals surface area contributed by atoms with Gasteiger partial charge < -0.3 is 9.57 Å². The summed E-state index contributed by atoms with van der Waals surface area (Å²) in [5.41, 5.74) is 3.18. The summed E-state index contributed by atoms with van der Waals surface area (Å²) >= 11 is 0. The highest BCUT2D eigenvalue weighted by Crippen LogP contribution is 2.28. The molecule has 2 amide bonds. The van der Waals surface area contributed by atoms with Crippen LogP contribution in [0.3, 0.4) is 0 Å². The Morgan fingerprint density at radius 3 is 2.03 bits per heavy atom. The lowest BCUT2D eigenvalue weighted by Gasteiger charge is -2.16. The summed E-state index contributed by atoms with van der Waals surface area (Å²) in [6.45, 7) is 9.38. The molecule has 4 rings (SSSR count). The Kier molecular flexibility index (Phi) is 6.83. The highest BCUT2D eigenvalue weighted by molar-refractivity contribution is 6.17. The Morgan fingerprint density at radius 2 is 1.42 bits per heavy atom. The molecule has 0 spiro atoms. The van der Waals surface area contributed by atoms with Gasteiger partial charge in [0.15, 0.2) is 0 Å². The first-order chi connectivity index (χ1) is 17.2. The second-order valence-electron chi connectivity index (χ2n) is 8.64. The first-order valence-corrected chi connectivity index (χ1v) is 11.4. The molecular weight excluding hydrogens is 458 g/mol. The molecule has 3 aromatic carbocycles. The fourth-order valence-electron chi connectivity index (χ4n) is 4.15. The van der Waals surface area contributed by atoms with Gasteiger partial charge >= 0.3 is 11.9 Å². The van der Waals surface area contributed by atoms with Crippen LogP contribution >= 0.6 is 0 Å². The van der Waals surface area contributed by atoms with Crippen LogP contribution in [-0.4, -0.2) is 28.8 Å². The van der Waals surface area contributed by atoms with Gasteiger partial charge in [0.1, 0.15) is 5.75 Å². The van der Waals surface area contributed by atoms with Crippen molar-refractivity contribution >= 4 is 35.9 Å². The van der Waals surface area contributed by atoms with Gasteiger partial charge in [0.25, 0.3) is 11.8 Å². The van der Waals surface area contributed by atoms with Crippen LogP contribution in [0.25, 0.3) is 12.2 Å². The molecule has 7 nitrogen and oxygen atoms in total. The molecular formula is C29H25NO6. The van der Waals surface area contributed by atoms with Crippen molar-refractivity contribution in [1.29, 1.82) is 0 Å². The molecule has 1 fully saturated rings. The Morgan fingerprint density at radius 1 is 0.833 bits per heavy atom. The van der Waals surface area contributed by atoms with E-state index in [4.69, 9.17) is 9.57 Å². The number of hydroxylamine groups is 2. The molecule has 0 bridgehead atoms. The average Bonchev–Trinajstić information content (AvgIpc) is 3.15. The minimum absolute atomic E-state index is 0.00912. The topological polar surface area (TPSA) is 90.0 Å². The van der Waals surface area contributed by atoms with Crippen LogP contribution in [0.2, 0.25) is 0 Å². The predicted molar refractivity (Wildman–Crippen MR) is 133 cm³/mol. The molecule has 1 saturated heterocycles. The number of benzene rings is 3. The summed E-state index contributed by atoms with van der Waals surface area (Å²) < 4.78 is 5.88. The van der Waals surface area contributed by atoms with E-state index in [-0.39, 0.29) is 18.4 Å². The molecule has 1 aliphatic rings. The van der Waals surface area contributed by atoms with E-state index in [0.29, 0.717) is 38.0 Å². The summed E-state index contributed by atoms with van der Waals surface area (Å²) in [4.78, 5) is 54.7. The van der Waals surface area contributed by atoms with Crippen molar-refractivity contribution in [2.75, 3.05) is 0 Å². The molecule has 0 unspecified atom stereocenters. The fourth-order valence-corrected chi connectivity index (χ4v) is 4.15. The van der Waals surface area contributed by atoms with Gasteiger partial charge in [-0.05, 0) is 65.6 Å². The number of aryl methyl sites for hydroxylation is 3. The van der Waals surface area contributed by atoms with Gasteiger partial charge in [-0.25, -0.2) is 9.59 Å². The van der Waals surface area contributed by atoms with Crippen LogP contribution < -0.4 is 15.2 Å². The number of carbonyl (C=O) groups excluding carboxylic acids is 4. The van der Waals surface area contributed by atoms with Crippen LogP contribution in [0.4, 0.5) is 0 Å². The molecule has 0 aliphatic carbocycles. The Balaban J connectivity index is 1.69. The van der Waals surface area contributed by atoms with Crippen molar-refractivity contribution in [3.63, 3.8) is 0 Å². The highest BCUT2D eigenvalue weighted by Gasteiger charge is 2.33. The molecule has 0 saturated carbocycles. The number of rotatable bonds is 5. The second-order valence-corrected chi connectivity index (χ2v) is 8.64. The predicted octanol–water partition coefficient (Wildman–Crippen LogP) is 3.05. The molecule has 0 radical (unpaired) electrons. The van der Waals surface area contributed by atoms with Gasteiger partial charge in [0, 0.05) is 12.8 Å². The number of amides is 2. The van der Waals surface area contributed by atoms with E-state index in [1.165, 1.54) is 12.1 Å². The molecule has 0 aromatic heterocycles. The number of nitrogens with zero attached hydrogens (tertiary/aromatic N) is 1. The third-order valence-electron chi connectivity index (χ3n) is 5.98. The Bertz CT molecular complexity index is 1480. The number of esters is 1. The monoisotopic (exact) mass is 483 g/mol. The van der Waals surface area contributed by atoms with E-state index >= 15 is 0 Å². The van der Waals surface area contributed by atoms with Crippen LogP contribution in [0.5, 0.6) is 5.75 Å². The normalized spacial score (nSPS) is 14.0. The van der Waals surface area contributed by atoms with Crippen LogP contribution in [-0.2, 0) is 19.2 Å². The Hall–Kier alpha value is -4.52. The zero-order valence-electron chi connectivity index (χ0n) is 20.3. The number of imide groups is 1. The molecule has 182 valence electrons. The zero-order chi connectivity index (χ0) is 26.0. The smallest absolute Gasteiger partial charge is 0.363 e. The van der Waals surface area contributed by atoms with E-state index in [9.17, 15) is 19.2 Å². The number of hydrogen-bond acceptors (Lipinski definition) is 6. The van der Waals surface area contributed by atoms with Crippen molar-refractivity contribution < 1.29 is 28.8 Å². The van der Waals surface area contributed by atoms with Crippen molar-refractivity contribution in [2.45, 2.75) is 33.6 Å². The zero-order valence-corrected chi connectivity index (χ0v) is 20.3. The minimum atomic E-state index is -0.846. The summed E-state index contributed by atoms with van der Waals surface area (Å²) in [7, 11) is 0. The highest BCUT2D eigenvalue weighted by atomic mass is 16.7. The molecule has 7 heteroatoms. The summed E-state index contributed by atoms with van der Waals surface area (Å²) in [6, 6.07) is 17.8. The van der Waals surface area contributed by atoms with Crippen molar-refractivity contribution in [1.82, 2.24) is 5.06 Å². The maximum absolute atomic E-state index is 13.6. The number of hydrogen-bond donors (Lipinski definition) is 0. The first-order valence-electron chi connectivity index (χ1n) is 11.4. The molecule has 36 heavy (non-hydrogen) atoms. The van der Waals surface area contributed by atoms with Gasteiger partial charge in [-0.1, -0.05) is 55.1 Å². The minimum Gasteiger partial charge on any atom is -0.422 e. The van der Waals surface area contributed by atoms with Crippen LogP contribution in [0.1, 0.15) is 45.5 Å². The first kappa shape index (κ1) is 24.6. The van der Waals surface area contributed by atoms with E-state index < -0.39 is 23.8 Å². The molecule has 0 N–H and O–H groups in total. The third-order valence-corrected chi connectivity index (χ3v) is 5.98. The Labute approximate surface area is 208 Å². The lowest BCUT2D eigenvalue weighted by Crippen LogP contribution is -2.32. The number of carbonyl (C=O) groups is 4. The molecule has 1 heterocycles. The standard InChI is InChI=1S/C29H25NO6/c1-17-9-5-7-11-22(17)26(23-12-8-6-10-18(23)2)29(34)35-27-19(3)15-21(16-20(27)4)28(33)36-30-24(31)13-14-25(30)32/h5-12,15-16H,1,13-14H2,2-4H3/b26-22+. The van der Waals surface area contributed by atoms with Gasteiger partial charge in [0.05, 0.1) is 11.1 Å².